The Hall–Kier alpha value is -3.10. The summed E-state index contributed by atoms with van der Waals surface area (Å²) >= 11 is 0. The molecule has 51 heavy (non-hydrogen) atoms. The van der Waals surface area contributed by atoms with Crippen LogP contribution >= 0.6 is 0 Å². The number of aliphatic hydroxyl groups excluding tert-OH is 2. The number of β-amino-alcohol motifs (C(OH)–C–C–N with tert-alkyl or cyclic N) is 1. The van der Waals surface area contributed by atoms with Crippen LogP contribution < -0.4 is 16.0 Å². The highest BCUT2D eigenvalue weighted by atomic mass is 16.5. The van der Waals surface area contributed by atoms with Crippen molar-refractivity contribution in [3.63, 3.8) is 0 Å². The number of benzene rings is 1. The Kier molecular flexibility index (Phi) is 16.8. The van der Waals surface area contributed by atoms with E-state index in [-0.39, 0.29) is 61.0 Å². The molecule has 288 valence electrons. The average molecular weight is 718 g/mol. The van der Waals surface area contributed by atoms with Crippen molar-refractivity contribution in [2.24, 2.45) is 17.8 Å². The van der Waals surface area contributed by atoms with E-state index < -0.39 is 48.4 Å². The van der Waals surface area contributed by atoms with Crippen LogP contribution in [0.1, 0.15) is 72.3 Å². The van der Waals surface area contributed by atoms with Gasteiger partial charge in [0.15, 0.2) is 0 Å². The van der Waals surface area contributed by atoms with Gasteiger partial charge in [0.1, 0.15) is 6.04 Å². The van der Waals surface area contributed by atoms with Gasteiger partial charge in [-0.25, -0.2) is 0 Å². The first-order chi connectivity index (χ1) is 24.3. The van der Waals surface area contributed by atoms with Gasteiger partial charge in [-0.05, 0) is 43.1 Å². The highest BCUT2D eigenvalue weighted by Gasteiger charge is 2.43. The third kappa shape index (κ3) is 11.2. The van der Waals surface area contributed by atoms with Crippen LogP contribution in [0.3, 0.4) is 0 Å². The minimum Gasteiger partial charge on any atom is -0.394 e. The molecule has 1 aromatic rings. The molecule has 2 aliphatic heterocycles. The van der Waals surface area contributed by atoms with E-state index in [1.807, 2.05) is 58.0 Å². The maximum absolute atomic E-state index is 14.1. The SMILES string of the molecule is CC[C@H](C)[C@@H]([C@@H](CC(=O)N1CCC[C@H]1[C@H](OC)[C@@H](C)C(=O)N[C@H](CO)Cc1ccccc1)OC)N(C)C(=O)[C@@H](NC(=O)[C@@H]1C[C@@H](O)CN1)C(C)C. The number of hydrogen-bond acceptors (Lipinski definition) is 9. The molecule has 0 spiro atoms. The van der Waals surface area contributed by atoms with Crippen LogP contribution in [0.25, 0.3) is 0 Å². The topological polar surface area (TPSA) is 170 Å². The summed E-state index contributed by atoms with van der Waals surface area (Å²) in [6.07, 6.45) is 1.12. The van der Waals surface area contributed by atoms with Gasteiger partial charge in [0.25, 0.3) is 0 Å². The van der Waals surface area contributed by atoms with Crippen LogP contribution in [0.5, 0.6) is 0 Å². The Labute approximate surface area is 304 Å². The van der Waals surface area contributed by atoms with Gasteiger partial charge in [-0.1, -0.05) is 71.4 Å². The lowest BCUT2D eigenvalue weighted by atomic mass is 9.89. The first-order valence-corrected chi connectivity index (χ1v) is 18.6. The summed E-state index contributed by atoms with van der Waals surface area (Å²) in [6.45, 7) is 10.2. The number of rotatable bonds is 19. The summed E-state index contributed by atoms with van der Waals surface area (Å²) in [5.41, 5.74) is 1.00. The largest absolute Gasteiger partial charge is 0.394 e. The number of amides is 4. The molecule has 4 amide bonds. The van der Waals surface area contributed by atoms with Crippen molar-refractivity contribution < 1.29 is 38.9 Å². The molecule has 2 saturated heterocycles. The van der Waals surface area contributed by atoms with Crippen molar-refractivity contribution >= 4 is 23.6 Å². The van der Waals surface area contributed by atoms with Crippen LogP contribution in [0.2, 0.25) is 0 Å². The number of nitrogens with zero attached hydrogens (tertiary/aromatic N) is 2. The molecule has 3 rings (SSSR count). The fraction of sp³-hybridized carbons (Fsp3) is 0.737. The normalized spacial score (nSPS) is 23.2. The Morgan fingerprint density at radius 1 is 1.06 bits per heavy atom. The number of likely N-dealkylation sites (N-methyl/N-ethyl adjacent to an activating group) is 1. The number of hydrogen-bond donors (Lipinski definition) is 5. The number of likely N-dealkylation sites (tertiary alicyclic amines) is 1. The van der Waals surface area contributed by atoms with E-state index in [2.05, 4.69) is 16.0 Å². The van der Waals surface area contributed by atoms with Crippen molar-refractivity contribution in [1.29, 1.82) is 0 Å². The summed E-state index contributed by atoms with van der Waals surface area (Å²) in [7, 11) is 4.80. The molecular weight excluding hydrogens is 654 g/mol. The summed E-state index contributed by atoms with van der Waals surface area (Å²) in [5, 5.41) is 28.8. The highest BCUT2D eigenvalue weighted by Crippen LogP contribution is 2.29. The number of ether oxygens (including phenoxy) is 2. The van der Waals surface area contributed by atoms with Gasteiger partial charge >= 0.3 is 0 Å². The summed E-state index contributed by atoms with van der Waals surface area (Å²) < 4.78 is 11.9. The van der Waals surface area contributed by atoms with Crippen LogP contribution in [0.15, 0.2) is 30.3 Å². The third-order valence-electron chi connectivity index (χ3n) is 10.8. The van der Waals surface area contributed by atoms with E-state index >= 15 is 0 Å². The number of methoxy groups -OCH3 is 2. The molecule has 2 heterocycles. The van der Waals surface area contributed by atoms with E-state index in [4.69, 9.17) is 9.47 Å². The molecule has 0 aromatic heterocycles. The van der Waals surface area contributed by atoms with Crippen LogP contribution in [0, 0.1) is 17.8 Å². The molecule has 10 atom stereocenters. The van der Waals surface area contributed by atoms with Crippen LogP contribution in [0.4, 0.5) is 0 Å². The maximum atomic E-state index is 14.1. The van der Waals surface area contributed by atoms with Gasteiger partial charge in [-0.2, -0.15) is 0 Å². The van der Waals surface area contributed by atoms with Gasteiger partial charge in [0, 0.05) is 34.4 Å². The first-order valence-electron chi connectivity index (χ1n) is 18.6. The van der Waals surface area contributed by atoms with E-state index in [0.29, 0.717) is 25.9 Å². The van der Waals surface area contributed by atoms with Gasteiger partial charge in [0.05, 0.1) is 61.4 Å². The predicted molar refractivity (Wildman–Crippen MR) is 194 cm³/mol. The average Bonchev–Trinajstić information content (AvgIpc) is 3.79. The van der Waals surface area contributed by atoms with Crippen molar-refractivity contribution in [2.75, 3.05) is 41.0 Å². The molecule has 13 heteroatoms. The molecule has 0 unspecified atom stereocenters. The van der Waals surface area contributed by atoms with E-state index in [1.165, 1.54) is 0 Å². The van der Waals surface area contributed by atoms with Gasteiger partial charge in [0.2, 0.25) is 23.6 Å². The summed E-state index contributed by atoms with van der Waals surface area (Å²) in [5.74, 6) is -1.85. The van der Waals surface area contributed by atoms with Crippen LogP contribution in [-0.4, -0.2) is 133 Å². The van der Waals surface area contributed by atoms with Crippen molar-refractivity contribution in [2.45, 2.75) is 122 Å². The standard InChI is InChI=1S/C38H63N5O8/c1-9-24(4)34(42(6)38(49)33(23(2)3)41-37(48)29-19-28(45)21-39-29)31(50-7)20-32(46)43-17-13-16-30(43)35(51-8)25(5)36(47)40-27(22-44)18-26-14-11-10-12-15-26/h10-12,14-15,23-25,27-31,33-35,39,44-45H,9,13,16-22H2,1-8H3,(H,40,47)(H,41,48)/t24-,25+,27-,28+,29-,30-,31+,33-,34-,35+/m0/s1. The summed E-state index contributed by atoms with van der Waals surface area (Å²) in [6, 6.07) is 7.01. The molecule has 13 nitrogen and oxygen atoms in total. The van der Waals surface area contributed by atoms with E-state index in [1.54, 1.807) is 38.0 Å². The molecule has 0 bridgehead atoms. The second-order valence-electron chi connectivity index (χ2n) is 14.7. The predicted octanol–water partition coefficient (Wildman–Crippen LogP) is 1.49. The first kappa shape index (κ1) is 42.3. The van der Waals surface area contributed by atoms with Gasteiger partial charge in [-0.15, -0.1) is 0 Å². The van der Waals surface area contributed by atoms with E-state index in [9.17, 15) is 29.4 Å². The van der Waals surface area contributed by atoms with E-state index in [0.717, 1.165) is 18.4 Å². The fourth-order valence-corrected chi connectivity index (χ4v) is 7.60. The number of nitrogens with one attached hydrogen (secondary N) is 3. The Bertz CT molecular complexity index is 1270. The van der Waals surface area contributed by atoms with Gasteiger partial charge in [-0.3, -0.25) is 19.2 Å². The monoisotopic (exact) mass is 717 g/mol. The zero-order valence-corrected chi connectivity index (χ0v) is 31.8. The second kappa shape index (κ2) is 20.2. The van der Waals surface area contributed by atoms with Gasteiger partial charge < -0.3 is 45.4 Å². The maximum Gasteiger partial charge on any atom is 0.245 e. The minimum absolute atomic E-state index is 0.0168. The lowest BCUT2D eigenvalue weighted by Crippen LogP contribution is -2.59. The Morgan fingerprint density at radius 2 is 1.75 bits per heavy atom. The fourth-order valence-electron chi connectivity index (χ4n) is 7.60. The quantitative estimate of drug-likeness (QED) is 0.142. The Balaban J connectivity index is 1.73. The molecule has 2 fully saturated rings. The van der Waals surface area contributed by atoms with Crippen molar-refractivity contribution in [3.05, 3.63) is 35.9 Å². The number of aliphatic hydroxyl groups is 2. The molecule has 0 radical (unpaired) electrons. The zero-order valence-electron chi connectivity index (χ0n) is 31.8. The molecule has 2 aliphatic rings. The smallest absolute Gasteiger partial charge is 0.245 e. The minimum atomic E-state index is -0.807. The third-order valence-corrected chi connectivity index (χ3v) is 10.8. The molecule has 0 saturated carbocycles. The lowest BCUT2D eigenvalue weighted by molar-refractivity contribution is -0.147. The number of carbonyl (C=O) groups is 4. The Morgan fingerprint density at radius 3 is 2.29 bits per heavy atom. The molecular formula is C38H63N5O8. The molecule has 5 N–H and O–H groups in total. The molecule has 0 aliphatic carbocycles. The molecule has 1 aromatic carbocycles. The second-order valence-corrected chi connectivity index (χ2v) is 14.7. The summed E-state index contributed by atoms with van der Waals surface area (Å²) in [4.78, 5) is 58.1. The van der Waals surface area contributed by atoms with Crippen LogP contribution in [-0.2, 0) is 35.1 Å². The zero-order chi connectivity index (χ0) is 37.8. The van der Waals surface area contributed by atoms with Crippen molar-refractivity contribution in [1.82, 2.24) is 25.8 Å². The highest BCUT2D eigenvalue weighted by molar-refractivity contribution is 5.90. The number of carbonyl (C=O) groups excluding carboxylic acids is 4. The lowest BCUT2D eigenvalue weighted by Gasteiger charge is -2.41. The van der Waals surface area contributed by atoms with Crippen molar-refractivity contribution in [3.8, 4) is 0 Å².